The molecule has 0 unspecified atom stereocenters. The Labute approximate surface area is 94.3 Å². The maximum absolute atomic E-state index is 12.0. The molecule has 0 aliphatic heterocycles. The second kappa shape index (κ2) is 4.04. The van der Waals surface area contributed by atoms with Gasteiger partial charge in [-0.3, -0.25) is 4.79 Å². The lowest BCUT2D eigenvalue weighted by molar-refractivity contribution is -0.167. The number of hydrogen-bond acceptors (Lipinski definition) is 2. The summed E-state index contributed by atoms with van der Waals surface area (Å²) in [7, 11) is 0. The van der Waals surface area contributed by atoms with Crippen LogP contribution in [0.2, 0.25) is 0 Å². The molecule has 0 aliphatic carbocycles. The number of nitrogens with zero attached hydrogens (tertiary/aromatic N) is 1. The molecule has 88 valence electrons. The van der Waals surface area contributed by atoms with Crippen molar-refractivity contribution in [1.29, 1.82) is 0 Å². The fourth-order valence-electron chi connectivity index (χ4n) is 1.32. The summed E-state index contributed by atoms with van der Waals surface area (Å²) in [4.78, 5) is 14.6. The molecule has 2 aromatic rings. The lowest BCUT2D eigenvalue weighted by atomic mass is 10.2. The van der Waals surface area contributed by atoms with Gasteiger partial charge >= 0.3 is 12.1 Å². The summed E-state index contributed by atoms with van der Waals surface area (Å²) in [6.45, 7) is 0. The first-order chi connectivity index (χ1) is 7.97. The summed E-state index contributed by atoms with van der Waals surface area (Å²) in [6, 6.07) is 9.85. The van der Waals surface area contributed by atoms with Crippen molar-refractivity contribution in [2.75, 3.05) is 5.32 Å². The highest BCUT2D eigenvalue weighted by molar-refractivity contribution is 5.95. The van der Waals surface area contributed by atoms with Crippen LogP contribution in [-0.4, -0.2) is 17.1 Å². The van der Waals surface area contributed by atoms with E-state index in [4.69, 9.17) is 0 Å². The van der Waals surface area contributed by atoms with Crippen LogP contribution >= 0.6 is 0 Å². The Kier molecular flexibility index (Phi) is 2.71. The van der Waals surface area contributed by atoms with E-state index in [2.05, 4.69) is 4.98 Å². The minimum Gasteiger partial charge on any atom is -0.303 e. The van der Waals surface area contributed by atoms with E-state index in [0.29, 0.717) is 5.52 Å². The van der Waals surface area contributed by atoms with Crippen molar-refractivity contribution in [3.63, 3.8) is 0 Å². The van der Waals surface area contributed by atoms with Crippen LogP contribution in [0, 0.1) is 0 Å². The monoisotopic (exact) mass is 240 g/mol. The number of amides is 1. The lowest BCUT2D eigenvalue weighted by Gasteiger charge is -2.07. The number of carbonyl (C=O) groups is 1. The van der Waals surface area contributed by atoms with Crippen LogP contribution in [0.1, 0.15) is 0 Å². The van der Waals surface area contributed by atoms with Crippen molar-refractivity contribution < 1.29 is 18.0 Å². The van der Waals surface area contributed by atoms with Gasteiger partial charge in [0, 0.05) is 5.39 Å². The molecule has 0 atom stereocenters. The molecule has 1 aromatic heterocycles. The summed E-state index contributed by atoms with van der Waals surface area (Å²) >= 11 is 0. The minimum atomic E-state index is -4.91. The van der Waals surface area contributed by atoms with Gasteiger partial charge in [-0.25, -0.2) is 4.98 Å². The van der Waals surface area contributed by atoms with Crippen LogP contribution in [0.5, 0.6) is 0 Å². The first-order valence-corrected chi connectivity index (χ1v) is 4.71. The van der Waals surface area contributed by atoms with Crippen molar-refractivity contribution in [1.82, 2.24) is 4.98 Å². The average Bonchev–Trinajstić information content (AvgIpc) is 2.27. The van der Waals surface area contributed by atoms with Gasteiger partial charge < -0.3 is 5.32 Å². The Morgan fingerprint density at radius 3 is 2.53 bits per heavy atom. The number of rotatable bonds is 1. The molecule has 0 aliphatic rings. The quantitative estimate of drug-likeness (QED) is 0.832. The molecular weight excluding hydrogens is 233 g/mol. The van der Waals surface area contributed by atoms with Gasteiger partial charge in [-0.2, -0.15) is 13.2 Å². The summed E-state index contributed by atoms with van der Waals surface area (Å²) in [5.74, 6) is -2.15. The van der Waals surface area contributed by atoms with Crippen LogP contribution in [-0.2, 0) is 4.79 Å². The Balaban J connectivity index is 2.29. The third kappa shape index (κ3) is 2.52. The van der Waals surface area contributed by atoms with Crippen LogP contribution in [0.3, 0.4) is 0 Å². The number of aromatic nitrogens is 1. The number of hydrogen-bond donors (Lipinski definition) is 1. The first kappa shape index (κ1) is 11.4. The van der Waals surface area contributed by atoms with Crippen LogP contribution in [0.25, 0.3) is 10.9 Å². The number of pyridine rings is 1. The molecule has 2 rings (SSSR count). The fourth-order valence-corrected chi connectivity index (χ4v) is 1.32. The lowest BCUT2D eigenvalue weighted by Crippen LogP contribution is -2.30. The zero-order chi connectivity index (χ0) is 12.5. The van der Waals surface area contributed by atoms with Gasteiger partial charge in [0.25, 0.3) is 0 Å². The number of halogens is 3. The molecule has 0 fully saturated rings. The van der Waals surface area contributed by atoms with Gasteiger partial charge in [0.05, 0.1) is 5.52 Å². The van der Waals surface area contributed by atoms with Crippen LogP contribution < -0.4 is 5.32 Å². The Morgan fingerprint density at radius 1 is 1.12 bits per heavy atom. The number of anilines is 1. The van der Waals surface area contributed by atoms with Crippen molar-refractivity contribution in [2.45, 2.75) is 6.18 Å². The molecule has 0 saturated carbocycles. The van der Waals surface area contributed by atoms with E-state index in [9.17, 15) is 18.0 Å². The number of alkyl halides is 3. The second-order valence-corrected chi connectivity index (χ2v) is 3.34. The molecule has 0 spiro atoms. The molecule has 17 heavy (non-hydrogen) atoms. The van der Waals surface area contributed by atoms with Crippen molar-refractivity contribution >= 4 is 22.6 Å². The summed E-state index contributed by atoms with van der Waals surface area (Å²) in [6.07, 6.45) is -4.91. The minimum absolute atomic E-state index is 0.119. The van der Waals surface area contributed by atoms with E-state index in [1.165, 1.54) is 6.07 Å². The molecule has 0 radical (unpaired) electrons. The average molecular weight is 240 g/mol. The molecule has 1 amide bonds. The fraction of sp³-hybridized carbons (Fsp3) is 0.0909. The van der Waals surface area contributed by atoms with Gasteiger partial charge in [0.1, 0.15) is 5.82 Å². The SMILES string of the molecule is O=C(Nc1ccc2ccccc2n1)C(F)(F)F. The van der Waals surface area contributed by atoms with Crippen LogP contribution in [0.4, 0.5) is 19.0 Å². The molecule has 0 bridgehead atoms. The predicted octanol–water partition coefficient (Wildman–Crippen LogP) is 2.74. The molecule has 6 heteroatoms. The third-order valence-electron chi connectivity index (χ3n) is 2.10. The zero-order valence-electron chi connectivity index (χ0n) is 8.45. The highest BCUT2D eigenvalue weighted by atomic mass is 19.4. The maximum Gasteiger partial charge on any atom is 0.471 e. The van der Waals surface area contributed by atoms with Gasteiger partial charge in [-0.1, -0.05) is 18.2 Å². The summed E-state index contributed by atoms with van der Waals surface area (Å²) in [5, 5.41) is 2.49. The standard InChI is InChI=1S/C11H7F3N2O/c12-11(13,14)10(17)16-9-6-5-7-3-1-2-4-8(7)15-9/h1-6H,(H,15,16,17). The normalized spacial score (nSPS) is 11.5. The third-order valence-corrected chi connectivity index (χ3v) is 2.10. The molecule has 1 N–H and O–H groups in total. The maximum atomic E-state index is 12.0. The van der Waals surface area contributed by atoms with Crippen molar-refractivity contribution in [2.24, 2.45) is 0 Å². The number of nitrogens with one attached hydrogen (secondary N) is 1. The number of carbonyl (C=O) groups excluding carboxylic acids is 1. The topological polar surface area (TPSA) is 42.0 Å². The molecule has 1 aromatic carbocycles. The van der Waals surface area contributed by atoms with Gasteiger partial charge in [-0.05, 0) is 18.2 Å². The van der Waals surface area contributed by atoms with E-state index < -0.39 is 12.1 Å². The second-order valence-electron chi connectivity index (χ2n) is 3.34. The Hall–Kier alpha value is -2.11. The zero-order valence-corrected chi connectivity index (χ0v) is 8.45. The van der Waals surface area contributed by atoms with Gasteiger partial charge in [-0.15, -0.1) is 0 Å². The van der Waals surface area contributed by atoms with E-state index in [0.717, 1.165) is 5.39 Å². The molecule has 0 saturated heterocycles. The summed E-state index contributed by atoms with van der Waals surface area (Å²) < 4.78 is 36.0. The highest BCUT2D eigenvalue weighted by Crippen LogP contribution is 2.19. The predicted molar refractivity (Wildman–Crippen MR) is 56.4 cm³/mol. The van der Waals surface area contributed by atoms with Crippen molar-refractivity contribution in [3.05, 3.63) is 36.4 Å². The van der Waals surface area contributed by atoms with E-state index >= 15 is 0 Å². The molecule has 1 heterocycles. The largest absolute Gasteiger partial charge is 0.471 e. The smallest absolute Gasteiger partial charge is 0.303 e. The Morgan fingerprint density at radius 2 is 1.82 bits per heavy atom. The van der Waals surface area contributed by atoms with E-state index in [-0.39, 0.29) is 5.82 Å². The highest BCUT2D eigenvalue weighted by Gasteiger charge is 2.38. The van der Waals surface area contributed by atoms with Crippen molar-refractivity contribution in [3.8, 4) is 0 Å². The summed E-state index contributed by atoms with van der Waals surface area (Å²) in [5.41, 5.74) is 0.521. The Bertz CT molecular complexity index is 566. The molecular formula is C11H7F3N2O. The first-order valence-electron chi connectivity index (χ1n) is 4.71. The number of para-hydroxylation sites is 1. The molecule has 3 nitrogen and oxygen atoms in total. The van der Waals surface area contributed by atoms with Gasteiger partial charge in [0.15, 0.2) is 0 Å². The van der Waals surface area contributed by atoms with Gasteiger partial charge in [0.2, 0.25) is 0 Å². The van der Waals surface area contributed by atoms with E-state index in [1.807, 2.05) is 0 Å². The number of benzene rings is 1. The number of fused-ring (bicyclic) bond motifs is 1. The van der Waals surface area contributed by atoms with Crippen LogP contribution in [0.15, 0.2) is 36.4 Å². The van der Waals surface area contributed by atoms with E-state index in [1.54, 1.807) is 35.6 Å².